The fourth-order valence-corrected chi connectivity index (χ4v) is 3.69. The van der Waals surface area contributed by atoms with Gasteiger partial charge in [0.1, 0.15) is 6.17 Å². The summed E-state index contributed by atoms with van der Waals surface area (Å²) >= 11 is 0. The van der Waals surface area contributed by atoms with Gasteiger partial charge in [0.25, 0.3) is 5.91 Å². The lowest BCUT2D eigenvalue weighted by Gasteiger charge is -2.33. The molecule has 0 bridgehead atoms. The molecule has 1 aliphatic rings. The molecule has 0 aromatic heterocycles. The van der Waals surface area contributed by atoms with E-state index in [0.29, 0.717) is 25.1 Å². The molecule has 1 saturated heterocycles. The highest BCUT2D eigenvalue weighted by Crippen LogP contribution is 2.28. The summed E-state index contributed by atoms with van der Waals surface area (Å²) in [6.45, 7) is 4.80. The van der Waals surface area contributed by atoms with Gasteiger partial charge in [-0.15, -0.1) is 0 Å². The molecule has 1 amide bonds. The van der Waals surface area contributed by atoms with Crippen LogP contribution in [-0.2, 0) is 0 Å². The first kappa shape index (κ1) is 20.3. The molecular weight excluding hydrogens is 353 g/mol. The van der Waals surface area contributed by atoms with E-state index in [1.54, 1.807) is 0 Å². The topological polar surface area (TPSA) is 35.6 Å². The summed E-state index contributed by atoms with van der Waals surface area (Å²) in [5, 5.41) is 2.90. The number of carbonyl (C=O) groups excluding carboxylic acids is 1. The number of amides is 1. The molecule has 2 atom stereocenters. The van der Waals surface area contributed by atoms with Gasteiger partial charge in [0, 0.05) is 44.5 Å². The van der Waals surface area contributed by atoms with Gasteiger partial charge >= 0.3 is 0 Å². The molecule has 0 unspecified atom stereocenters. The Kier molecular flexibility index (Phi) is 7.04. The summed E-state index contributed by atoms with van der Waals surface area (Å²) in [5.41, 5.74) is 2.91. The van der Waals surface area contributed by atoms with Crippen molar-refractivity contribution < 1.29 is 9.18 Å². The summed E-state index contributed by atoms with van der Waals surface area (Å²) < 4.78 is 13.7. The van der Waals surface area contributed by atoms with Crippen molar-refractivity contribution in [1.29, 1.82) is 0 Å². The molecule has 1 fully saturated rings. The second kappa shape index (κ2) is 9.69. The number of anilines is 1. The van der Waals surface area contributed by atoms with Crippen LogP contribution in [0.25, 0.3) is 0 Å². The van der Waals surface area contributed by atoms with Crippen LogP contribution in [0.2, 0.25) is 0 Å². The molecule has 5 heteroatoms. The number of rotatable bonds is 8. The van der Waals surface area contributed by atoms with Crippen LogP contribution in [0.3, 0.4) is 0 Å². The number of hydrogen-bond donors (Lipinski definition) is 1. The Balaban J connectivity index is 1.76. The first-order valence-electron chi connectivity index (χ1n) is 10.1. The lowest BCUT2D eigenvalue weighted by molar-refractivity contribution is 0.0953. The molecule has 3 rings (SSSR count). The van der Waals surface area contributed by atoms with Crippen molar-refractivity contribution in [3.63, 3.8) is 0 Å². The van der Waals surface area contributed by atoms with Crippen LogP contribution in [0.4, 0.5) is 10.1 Å². The second-order valence-corrected chi connectivity index (χ2v) is 7.49. The van der Waals surface area contributed by atoms with Crippen molar-refractivity contribution >= 4 is 11.6 Å². The summed E-state index contributed by atoms with van der Waals surface area (Å²) in [4.78, 5) is 16.6. The van der Waals surface area contributed by atoms with Crippen molar-refractivity contribution in [2.24, 2.45) is 0 Å². The lowest BCUT2D eigenvalue weighted by Crippen LogP contribution is -2.35. The van der Waals surface area contributed by atoms with Gasteiger partial charge in [-0.05, 0) is 42.7 Å². The average Bonchev–Trinajstić information content (AvgIpc) is 3.15. The van der Waals surface area contributed by atoms with Gasteiger partial charge in [-0.3, -0.25) is 9.69 Å². The smallest absolute Gasteiger partial charge is 0.251 e. The van der Waals surface area contributed by atoms with Gasteiger partial charge in [0.05, 0.1) is 6.04 Å². The maximum Gasteiger partial charge on any atom is 0.251 e. The SMILES string of the molecule is CCCNC(=O)c1ccc(N(C)[C@@H](CN2CC[C@H](F)C2)c2ccccc2)cc1. The zero-order valence-corrected chi connectivity index (χ0v) is 16.8. The minimum Gasteiger partial charge on any atom is -0.366 e. The van der Waals surface area contributed by atoms with E-state index in [1.165, 1.54) is 5.56 Å². The standard InChI is InChI=1S/C23H30FN3O/c1-3-14-25-23(28)19-9-11-21(12-10-19)26(2)22(18-7-5-4-6-8-18)17-27-15-13-20(24)16-27/h4-12,20,22H,3,13-17H2,1-2H3,(H,25,28)/t20-,22-/m0/s1. The maximum absolute atomic E-state index is 13.7. The predicted octanol–water partition coefficient (Wildman–Crippen LogP) is 4.05. The summed E-state index contributed by atoms with van der Waals surface area (Å²) in [6.07, 6.45) is 0.816. The van der Waals surface area contributed by atoms with Crippen LogP contribution in [0.5, 0.6) is 0 Å². The average molecular weight is 384 g/mol. The van der Waals surface area contributed by atoms with Gasteiger partial charge in [-0.2, -0.15) is 0 Å². The molecule has 1 aliphatic heterocycles. The predicted molar refractivity (Wildman–Crippen MR) is 113 cm³/mol. The Hall–Kier alpha value is -2.40. The minimum absolute atomic E-state index is 0.0401. The molecule has 1 heterocycles. The highest BCUT2D eigenvalue weighted by Gasteiger charge is 2.27. The number of halogens is 1. The van der Waals surface area contributed by atoms with E-state index in [4.69, 9.17) is 0 Å². The van der Waals surface area contributed by atoms with E-state index in [-0.39, 0.29) is 11.9 Å². The van der Waals surface area contributed by atoms with Gasteiger partial charge in [0.2, 0.25) is 0 Å². The van der Waals surface area contributed by atoms with Gasteiger partial charge in [-0.25, -0.2) is 4.39 Å². The molecule has 4 nitrogen and oxygen atoms in total. The molecule has 0 aliphatic carbocycles. The van der Waals surface area contributed by atoms with Crippen LogP contribution < -0.4 is 10.2 Å². The van der Waals surface area contributed by atoms with E-state index < -0.39 is 6.17 Å². The van der Waals surface area contributed by atoms with Crippen molar-refractivity contribution in [2.75, 3.05) is 38.1 Å². The first-order chi connectivity index (χ1) is 13.6. The third-order valence-corrected chi connectivity index (χ3v) is 5.37. The van der Waals surface area contributed by atoms with Gasteiger partial charge in [-0.1, -0.05) is 37.3 Å². The number of alkyl halides is 1. The number of nitrogens with zero attached hydrogens (tertiary/aromatic N) is 2. The quantitative estimate of drug-likeness (QED) is 0.747. The van der Waals surface area contributed by atoms with E-state index >= 15 is 0 Å². The minimum atomic E-state index is -0.720. The second-order valence-electron chi connectivity index (χ2n) is 7.49. The van der Waals surface area contributed by atoms with E-state index in [9.17, 15) is 9.18 Å². The number of benzene rings is 2. The Bertz CT molecular complexity index is 750. The Morgan fingerprint density at radius 2 is 1.93 bits per heavy atom. The summed E-state index contributed by atoms with van der Waals surface area (Å²) in [5.74, 6) is -0.0401. The molecular formula is C23H30FN3O. The number of carbonyl (C=O) groups is 1. The number of hydrogen-bond acceptors (Lipinski definition) is 3. The van der Waals surface area contributed by atoms with Crippen LogP contribution >= 0.6 is 0 Å². The van der Waals surface area contributed by atoms with Crippen molar-refractivity contribution in [3.8, 4) is 0 Å². The molecule has 1 N–H and O–H groups in total. The van der Waals surface area contributed by atoms with Crippen molar-refractivity contribution in [2.45, 2.75) is 32.0 Å². The Morgan fingerprint density at radius 1 is 1.21 bits per heavy atom. The molecule has 150 valence electrons. The molecule has 2 aromatic carbocycles. The van der Waals surface area contributed by atoms with E-state index in [0.717, 1.165) is 25.2 Å². The van der Waals surface area contributed by atoms with Gasteiger partial charge < -0.3 is 10.2 Å². The number of likely N-dealkylation sites (tertiary alicyclic amines) is 1. The van der Waals surface area contributed by atoms with Crippen molar-refractivity contribution in [1.82, 2.24) is 10.2 Å². The molecule has 0 saturated carbocycles. The Morgan fingerprint density at radius 3 is 2.54 bits per heavy atom. The normalized spacial score (nSPS) is 18.0. The highest BCUT2D eigenvalue weighted by atomic mass is 19.1. The van der Waals surface area contributed by atoms with E-state index in [1.807, 2.05) is 49.4 Å². The van der Waals surface area contributed by atoms with Crippen molar-refractivity contribution in [3.05, 3.63) is 65.7 Å². The lowest BCUT2D eigenvalue weighted by atomic mass is 10.0. The number of likely N-dealkylation sites (N-methyl/N-ethyl adjacent to an activating group) is 1. The van der Waals surface area contributed by atoms with Crippen LogP contribution in [-0.4, -0.2) is 50.2 Å². The van der Waals surface area contributed by atoms with Crippen LogP contribution in [0.15, 0.2) is 54.6 Å². The highest BCUT2D eigenvalue weighted by molar-refractivity contribution is 5.94. The molecule has 2 aromatic rings. The third kappa shape index (κ3) is 5.10. The third-order valence-electron chi connectivity index (χ3n) is 5.37. The first-order valence-corrected chi connectivity index (χ1v) is 10.1. The Labute approximate surface area is 167 Å². The summed E-state index contributed by atoms with van der Waals surface area (Å²) in [6, 6.07) is 18.2. The van der Waals surface area contributed by atoms with Crippen LogP contribution in [0.1, 0.15) is 41.7 Å². The monoisotopic (exact) mass is 383 g/mol. The van der Waals surface area contributed by atoms with Gasteiger partial charge in [0.15, 0.2) is 0 Å². The fourth-order valence-electron chi connectivity index (χ4n) is 3.69. The summed E-state index contributed by atoms with van der Waals surface area (Å²) in [7, 11) is 2.06. The zero-order valence-electron chi connectivity index (χ0n) is 16.8. The zero-order chi connectivity index (χ0) is 19.9. The van der Waals surface area contributed by atoms with E-state index in [2.05, 4.69) is 34.3 Å². The maximum atomic E-state index is 13.7. The molecule has 0 radical (unpaired) electrons. The van der Waals surface area contributed by atoms with Crippen LogP contribution in [0, 0.1) is 0 Å². The number of nitrogens with one attached hydrogen (secondary N) is 1. The fraction of sp³-hybridized carbons (Fsp3) is 0.435. The largest absolute Gasteiger partial charge is 0.366 e. The molecule has 0 spiro atoms. The molecule has 28 heavy (non-hydrogen) atoms.